The first-order valence-electron chi connectivity index (χ1n) is 22.2. The third kappa shape index (κ3) is 8.80. The van der Waals surface area contributed by atoms with E-state index in [9.17, 15) is 24.9 Å². The molecule has 0 bridgehead atoms. The zero-order valence-electron chi connectivity index (χ0n) is 38.6. The quantitative estimate of drug-likeness (QED) is 0.0491. The third-order valence-corrected chi connectivity index (χ3v) is 12.7. The molecule has 10 aromatic rings. The summed E-state index contributed by atoms with van der Waals surface area (Å²) in [4.78, 5) is 57.0. The van der Waals surface area contributed by atoms with E-state index in [1.807, 2.05) is 13.7 Å². The molecule has 18 heteroatoms. The molecule has 0 aliphatic carbocycles. The van der Waals surface area contributed by atoms with Crippen LogP contribution in [0.5, 0.6) is 17.2 Å². The third-order valence-electron chi connectivity index (χ3n) is 11.8. The summed E-state index contributed by atoms with van der Waals surface area (Å²) in [6.07, 6.45) is 3.15. The summed E-state index contributed by atoms with van der Waals surface area (Å²) in [6, 6.07) is 39.1. The van der Waals surface area contributed by atoms with Gasteiger partial charge in [0.15, 0.2) is 0 Å². The monoisotopic (exact) mass is 1040 g/mol. The van der Waals surface area contributed by atoms with Crippen LogP contribution >= 0.6 is 34.8 Å². The van der Waals surface area contributed by atoms with Gasteiger partial charge in [-0.15, -0.1) is 0 Å². The molecule has 0 fully saturated rings. The molecule has 10 rings (SSSR count). The van der Waals surface area contributed by atoms with Crippen molar-refractivity contribution in [1.29, 1.82) is 10.5 Å². The van der Waals surface area contributed by atoms with Crippen LogP contribution in [0.1, 0.15) is 11.1 Å². The van der Waals surface area contributed by atoms with Crippen LogP contribution in [0.3, 0.4) is 0 Å². The van der Waals surface area contributed by atoms with Crippen LogP contribution in [-0.4, -0.2) is 46.6 Å². The van der Waals surface area contributed by atoms with Gasteiger partial charge in [-0.1, -0.05) is 66.7 Å². The number of imidazole rings is 3. The maximum atomic E-state index is 12.3. The summed E-state index contributed by atoms with van der Waals surface area (Å²) in [6.45, 7) is 18.3. The number of benzene rings is 7. The van der Waals surface area contributed by atoms with Crippen molar-refractivity contribution in [1.82, 2.24) is 28.7 Å². The van der Waals surface area contributed by atoms with Crippen molar-refractivity contribution < 1.29 is 28.6 Å². The Morgan fingerprint density at radius 2 is 0.800 bits per heavy atom. The molecule has 0 spiro atoms. The van der Waals surface area contributed by atoms with E-state index in [4.69, 9.17) is 70.5 Å². The number of nitriles is 2. The second-order valence-corrected chi connectivity index (χ2v) is 17.4. The second-order valence-electron chi connectivity index (χ2n) is 16.2. The van der Waals surface area contributed by atoms with E-state index in [1.165, 1.54) is 0 Å². The number of nitrogens with zero attached hydrogens (tertiary/aromatic N) is 9. The summed E-state index contributed by atoms with van der Waals surface area (Å²) in [5, 5.41) is 20.3. The number of hydrogen-bond donors (Lipinski definition) is 0. The molecule has 0 N–H and O–H groups in total. The Hall–Kier alpha value is -10.1. The molecule has 360 valence electrons. The SMILES string of the molecule is [C-]#[N+]c1ccc(-c2nc3c4c(nc(-c5ccc(C#N)c(Cl)c5)n4-c4ccc(OC(=O)C=C)cc4)c4c(nc(-c5ccc(C#N)c(Cl)c5)n4-c4ccc(OC(=O)C=C)cc4)c3n2-c2ccc(OC(=O)C=C)cc2)cc1Cl. The molecule has 3 aromatic heterocycles. The molecule has 0 aliphatic rings. The first-order valence-corrected chi connectivity index (χ1v) is 23.3. The van der Waals surface area contributed by atoms with Crippen molar-refractivity contribution in [3.8, 4) is 80.6 Å². The number of hydrogen-bond acceptors (Lipinski definition) is 11. The van der Waals surface area contributed by atoms with E-state index in [0.29, 0.717) is 84.3 Å². The summed E-state index contributed by atoms with van der Waals surface area (Å²) in [7, 11) is 0. The minimum absolute atomic E-state index is 0.159. The van der Waals surface area contributed by atoms with Crippen LogP contribution in [0.2, 0.25) is 15.1 Å². The molecule has 0 aliphatic heterocycles. The highest BCUT2D eigenvalue weighted by molar-refractivity contribution is 6.34. The zero-order chi connectivity index (χ0) is 52.7. The number of halogens is 3. The van der Waals surface area contributed by atoms with Gasteiger partial charge >= 0.3 is 17.9 Å². The number of carbonyl (C=O) groups excluding carboxylic acids is 3. The number of aromatic nitrogens is 6. The normalized spacial score (nSPS) is 10.9. The molecule has 0 amide bonds. The van der Waals surface area contributed by atoms with Crippen molar-refractivity contribution >= 4 is 91.5 Å². The topological polar surface area (TPSA) is 184 Å². The van der Waals surface area contributed by atoms with Crippen LogP contribution in [0, 0.1) is 29.2 Å². The van der Waals surface area contributed by atoms with Gasteiger partial charge in [-0.05, 0) is 115 Å². The van der Waals surface area contributed by atoms with Gasteiger partial charge in [0.2, 0.25) is 5.69 Å². The maximum Gasteiger partial charge on any atom is 0.335 e. The minimum Gasteiger partial charge on any atom is -0.423 e. The minimum atomic E-state index is -0.665. The zero-order valence-corrected chi connectivity index (χ0v) is 40.9. The predicted octanol–water partition coefficient (Wildman–Crippen LogP) is 13.2. The first kappa shape index (κ1) is 48.5. The fraction of sp³-hybridized carbons (Fsp3) is 0. The molecule has 7 aromatic carbocycles. The molecule has 75 heavy (non-hydrogen) atoms. The summed E-state index contributed by atoms with van der Waals surface area (Å²) in [5.41, 5.74) is 5.99. The molecule has 0 radical (unpaired) electrons. The summed E-state index contributed by atoms with van der Waals surface area (Å²) < 4.78 is 22.0. The van der Waals surface area contributed by atoms with Crippen molar-refractivity contribution in [2.45, 2.75) is 0 Å². The van der Waals surface area contributed by atoms with E-state index < -0.39 is 17.9 Å². The summed E-state index contributed by atoms with van der Waals surface area (Å²) in [5.74, 6) is -0.322. The lowest BCUT2D eigenvalue weighted by Gasteiger charge is -2.13. The van der Waals surface area contributed by atoms with E-state index in [1.54, 1.807) is 127 Å². The molecular weight excluding hydrogens is 1010 g/mol. The van der Waals surface area contributed by atoms with Crippen molar-refractivity contribution in [2.24, 2.45) is 0 Å². The van der Waals surface area contributed by atoms with Crippen LogP contribution in [-0.2, 0) is 14.4 Å². The fourth-order valence-electron chi connectivity index (χ4n) is 8.44. The number of ether oxygens (including phenoxy) is 3. The Balaban J connectivity index is 1.44. The van der Waals surface area contributed by atoms with Crippen LogP contribution in [0.15, 0.2) is 165 Å². The van der Waals surface area contributed by atoms with Gasteiger partial charge in [0.25, 0.3) is 0 Å². The Labute approximate surface area is 440 Å². The van der Waals surface area contributed by atoms with Crippen molar-refractivity contribution in [2.75, 3.05) is 0 Å². The molecule has 0 saturated carbocycles. The van der Waals surface area contributed by atoms with E-state index in [-0.39, 0.29) is 49.1 Å². The average Bonchev–Trinajstić information content (AvgIpc) is 4.15. The Morgan fingerprint density at radius 1 is 0.493 bits per heavy atom. The predicted molar refractivity (Wildman–Crippen MR) is 285 cm³/mol. The lowest BCUT2D eigenvalue weighted by molar-refractivity contribution is -0.129. The van der Waals surface area contributed by atoms with Gasteiger partial charge in [0, 0.05) is 57.0 Å². The molecule has 0 atom stereocenters. The Bertz CT molecular complexity index is 3770. The van der Waals surface area contributed by atoms with Gasteiger partial charge in [-0.25, -0.2) is 34.2 Å². The molecule has 0 saturated heterocycles. The maximum absolute atomic E-state index is 12.3. The van der Waals surface area contributed by atoms with Crippen molar-refractivity contribution in [3.05, 3.63) is 203 Å². The Kier molecular flexibility index (Phi) is 12.8. The summed E-state index contributed by atoms with van der Waals surface area (Å²) >= 11 is 20.3. The highest BCUT2D eigenvalue weighted by atomic mass is 35.5. The Morgan fingerprint density at radius 3 is 1.07 bits per heavy atom. The molecular formula is C57H30Cl3N9O6. The van der Waals surface area contributed by atoms with Crippen molar-refractivity contribution in [3.63, 3.8) is 0 Å². The standard InChI is InChI=1S/C57H30Cl3N9O6/c1-5-46(70)73-39-19-13-36(14-20-39)67-52-49-53(68(37-15-21-40(22-16-37)74-47(71)6-2)55(64-49)31-8-10-34(29-61)42(58)26-31)51-54(50(52)65-56(67)32-9-11-35(30-62)43(59)27-32)69(38-17-23-41(24-18-38)75-48(72)7-3)57(66-51)33-12-25-45(63-4)44(60)28-33/h5-28H,1-3H2. The van der Waals surface area contributed by atoms with E-state index in [2.05, 4.69) is 36.7 Å². The van der Waals surface area contributed by atoms with Gasteiger partial charge in [-0.2, -0.15) is 10.5 Å². The number of carbonyl (C=O) groups is 3. The highest BCUT2D eigenvalue weighted by Crippen LogP contribution is 2.46. The van der Waals surface area contributed by atoms with Crippen LogP contribution in [0.4, 0.5) is 5.69 Å². The lowest BCUT2D eigenvalue weighted by Crippen LogP contribution is -2.04. The lowest BCUT2D eigenvalue weighted by atomic mass is 10.1. The largest absolute Gasteiger partial charge is 0.423 e. The van der Waals surface area contributed by atoms with Crippen LogP contribution < -0.4 is 14.2 Å². The molecule has 0 unspecified atom stereocenters. The van der Waals surface area contributed by atoms with E-state index >= 15 is 0 Å². The van der Waals surface area contributed by atoms with Gasteiger partial charge in [0.1, 0.15) is 80.0 Å². The van der Waals surface area contributed by atoms with Crippen LogP contribution in [0.25, 0.3) is 89.2 Å². The first-order chi connectivity index (χ1) is 36.4. The molecule has 3 heterocycles. The molecule has 15 nitrogen and oxygen atoms in total. The number of rotatable bonds is 12. The van der Waals surface area contributed by atoms with E-state index in [0.717, 1.165) is 18.2 Å². The van der Waals surface area contributed by atoms with Gasteiger partial charge < -0.3 is 14.2 Å². The number of fused-ring (bicyclic) bond motifs is 6. The highest BCUT2D eigenvalue weighted by Gasteiger charge is 2.31. The smallest absolute Gasteiger partial charge is 0.335 e. The second kappa shape index (κ2) is 19.8. The number of esters is 3. The fourth-order valence-corrected chi connectivity index (χ4v) is 9.10. The average molecular weight is 1040 g/mol. The van der Waals surface area contributed by atoms with Gasteiger partial charge in [-0.3, -0.25) is 13.7 Å². The van der Waals surface area contributed by atoms with Gasteiger partial charge in [0.05, 0.1) is 27.7 Å².